The number of likely N-dealkylation sites (N-methyl/N-ethyl adjacent to an activating group) is 4. The Bertz CT molecular complexity index is 2920. The Balaban J connectivity index is 1.08. The first-order chi connectivity index (χ1) is 43.7. The molecule has 4 fully saturated rings. The Morgan fingerprint density at radius 2 is 0.902 bits per heavy atom. The quantitative estimate of drug-likeness (QED) is 0.0434. The molecular formula is C71H98F2N4O15. The molecule has 2 aliphatic heterocycles. The van der Waals surface area contributed by atoms with Crippen LogP contribution in [0.25, 0.3) is 0 Å². The van der Waals surface area contributed by atoms with Crippen molar-refractivity contribution in [1.82, 2.24) is 20.0 Å². The van der Waals surface area contributed by atoms with Gasteiger partial charge in [-0.05, 0) is 164 Å². The van der Waals surface area contributed by atoms with Crippen LogP contribution in [0.2, 0.25) is 0 Å². The minimum absolute atomic E-state index is 0.0156. The average Bonchev–Trinajstić information content (AvgIpc) is 1.19. The third-order valence-corrected chi connectivity index (χ3v) is 18.1. The molecule has 3 amide bonds. The highest BCUT2D eigenvalue weighted by Gasteiger charge is 2.44. The van der Waals surface area contributed by atoms with E-state index < -0.39 is 114 Å². The number of alkyl halides is 2. The number of benzene rings is 3. The van der Waals surface area contributed by atoms with E-state index in [2.05, 4.69) is 5.32 Å². The maximum Gasteiger partial charge on any atom is 0.347 e. The van der Waals surface area contributed by atoms with Crippen LogP contribution in [0.15, 0.2) is 78.9 Å². The SMILES string of the molecule is CN[C@@H](CC(C)(C)F)C(=O)O[C@H](CCc1ccc(C2CCOCC2)cc1)C(=O)N(C)[C@@H](CC1CC1)C(=O)O[C@H](C)C(=O)N(C)[C@@H](CC(C)(C)F)C(=O)O[C@H](CCc1ccc(C2CCOCC2)cc1)C(=O)N(C)[C@@H](CC1CC1)C(=O)O[C@H](C)C(=O)OCc1ccccc1. The first kappa shape index (κ1) is 72.6. The molecule has 92 heavy (non-hydrogen) atoms. The van der Waals surface area contributed by atoms with Crippen molar-refractivity contribution in [3.8, 4) is 0 Å². The molecule has 3 aromatic carbocycles. The molecule has 2 aliphatic carbocycles. The number of rotatable bonds is 34. The highest BCUT2D eigenvalue weighted by molar-refractivity contribution is 5.93. The summed E-state index contributed by atoms with van der Waals surface area (Å²) in [5, 5.41) is 2.80. The summed E-state index contributed by atoms with van der Waals surface area (Å²) in [7, 11) is 5.51. The lowest BCUT2D eigenvalue weighted by Gasteiger charge is -2.34. The molecule has 19 nitrogen and oxygen atoms in total. The van der Waals surface area contributed by atoms with Gasteiger partial charge < -0.3 is 53.2 Å². The number of amides is 3. The number of aryl methyl sites for hydroxylation is 2. The Labute approximate surface area is 541 Å². The van der Waals surface area contributed by atoms with E-state index >= 15 is 4.39 Å². The van der Waals surface area contributed by atoms with E-state index in [-0.39, 0.29) is 57.0 Å². The van der Waals surface area contributed by atoms with Crippen LogP contribution in [0, 0.1) is 11.8 Å². The first-order valence-electron chi connectivity index (χ1n) is 32.9. The van der Waals surface area contributed by atoms with Crippen molar-refractivity contribution >= 4 is 47.6 Å². The number of nitrogens with one attached hydrogen (secondary N) is 1. The van der Waals surface area contributed by atoms with Gasteiger partial charge in [-0.1, -0.05) is 105 Å². The van der Waals surface area contributed by atoms with Crippen molar-refractivity contribution in [3.63, 3.8) is 0 Å². The lowest BCUT2D eigenvalue weighted by Crippen LogP contribution is -2.54. The minimum atomic E-state index is -2.11. The fourth-order valence-corrected chi connectivity index (χ4v) is 11.9. The Hall–Kier alpha value is -6.84. The average molecular weight is 1290 g/mol. The van der Waals surface area contributed by atoms with Crippen LogP contribution in [0.5, 0.6) is 0 Å². The number of hydrogen-bond acceptors (Lipinski definition) is 16. The maximum atomic E-state index is 16.0. The normalized spacial score (nSPS) is 18.3. The third kappa shape index (κ3) is 22.4. The third-order valence-electron chi connectivity index (χ3n) is 18.1. The number of carbonyl (C=O) groups excluding carboxylic acids is 8. The smallest absolute Gasteiger partial charge is 0.347 e. The summed E-state index contributed by atoms with van der Waals surface area (Å²) in [5.74, 6) is -6.28. The number of halogens is 2. The van der Waals surface area contributed by atoms with E-state index in [9.17, 15) is 42.7 Å². The number of hydrogen-bond donors (Lipinski definition) is 1. The van der Waals surface area contributed by atoms with Crippen molar-refractivity contribution in [1.29, 1.82) is 0 Å². The van der Waals surface area contributed by atoms with Gasteiger partial charge in [-0.3, -0.25) is 19.2 Å². The second-order valence-corrected chi connectivity index (χ2v) is 26.9. The van der Waals surface area contributed by atoms with Gasteiger partial charge >= 0.3 is 29.8 Å². The minimum Gasteiger partial charge on any atom is -0.458 e. The van der Waals surface area contributed by atoms with Crippen LogP contribution >= 0.6 is 0 Å². The molecule has 506 valence electrons. The molecule has 4 aliphatic rings. The number of carbonyl (C=O) groups is 8. The zero-order valence-corrected chi connectivity index (χ0v) is 55.5. The molecular weight excluding hydrogens is 1190 g/mol. The van der Waals surface area contributed by atoms with Gasteiger partial charge in [0.2, 0.25) is 0 Å². The van der Waals surface area contributed by atoms with Crippen molar-refractivity contribution < 1.29 is 80.3 Å². The van der Waals surface area contributed by atoms with E-state index in [1.165, 1.54) is 80.2 Å². The summed E-state index contributed by atoms with van der Waals surface area (Å²) < 4.78 is 71.2. The molecule has 7 rings (SSSR count). The monoisotopic (exact) mass is 1280 g/mol. The molecule has 8 atom stereocenters. The van der Waals surface area contributed by atoms with Gasteiger partial charge in [-0.2, -0.15) is 0 Å². The second kappa shape index (κ2) is 33.8. The van der Waals surface area contributed by atoms with Crippen LogP contribution < -0.4 is 5.32 Å². The summed E-state index contributed by atoms with van der Waals surface area (Å²) in [6.07, 6.45) is 0.623. The van der Waals surface area contributed by atoms with E-state index in [4.69, 9.17) is 33.2 Å². The van der Waals surface area contributed by atoms with Gasteiger partial charge in [0.15, 0.2) is 24.4 Å². The Morgan fingerprint density at radius 1 is 0.500 bits per heavy atom. The van der Waals surface area contributed by atoms with E-state index in [1.54, 1.807) is 24.3 Å². The van der Waals surface area contributed by atoms with Gasteiger partial charge in [0.05, 0.1) is 0 Å². The van der Waals surface area contributed by atoms with Gasteiger partial charge in [0, 0.05) is 60.4 Å². The van der Waals surface area contributed by atoms with Crippen LogP contribution in [-0.2, 0) is 91.0 Å². The molecule has 0 unspecified atom stereocenters. The molecule has 0 aromatic heterocycles. The highest BCUT2D eigenvalue weighted by atomic mass is 19.1. The fraction of sp³-hybridized carbons (Fsp3) is 0.634. The predicted molar refractivity (Wildman–Crippen MR) is 339 cm³/mol. The van der Waals surface area contributed by atoms with Crippen molar-refractivity contribution in [2.75, 3.05) is 54.6 Å². The second-order valence-electron chi connectivity index (χ2n) is 26.9. The molecule has 0 spiro atoms. The van der Waals surface area contributed by atoms with Gasteiger partial charge in [0.1, 0.15) is 42.1 Å². The molecule has 2 saturated heterocycles. The maximum absolute atomic E-state index is 16.0. The van der Waals surface area contributed by atoms with E-state index in [0.717, 1.165) is 83.4 Å². The van der Waals surface area contributed by atoms with E-state index in [1.807, 2.05) is 54.6 Å². The molecule has 2 saturated carbocycles. The van der Waals surface area contributed by atoms with Gasteiger partial charge in [-0.15, -0.1) is 0 Å². The highest BCUT2D eigenvalue weighted by Crippen LogP contribution is 2.37. The summed E-state index contributed by atoms with van der Waals surface area (Å²) in [6.45, 7) is 10.4. The zero-order valence-electron chi connectivity index (χ0n) is 55.5. The largest absolute Gasteiger partial charge is 0.458 e. The van der Waals surface area contributed by atoms with Crippen molar-refractivity contribution in [3.05, 3.63) is 107 Å². The van der Waals surface area contributed by atoms with Crippen LogP contribution in [0.1, 0.15) is 171 Å². The van der Waals surface area contributed by atoms with Crippen molar-refractivity contribution in [2.45, 2.75) is 223 Å². The topological polar surface area (TPSA) is 223 Å². The van der Waals surface area contributed by atoms with Gasteiger partial charge in [0.25, 0.3) is 17.7 Å². The molecule has 1 N–H and O–H groups in total. The molecule has 2 heterocycles. The zero-order chi connectivity index (χ0) is 66.9. The fourth-order valence-electron chi connectivity index (χ4n) is 11.9. The summed E-state index contributed by atoms with van der Waals surface area (Å²) in [5.41, 5.74) is 0.850. The van der Waals surface area contributed by atoms with Crippen LogP contribution in [-0.4, -0.2) is 177 Å². The summed E-state index contributed by atoms with van der Waals surface area (Å²) >= 11 is 0. The Kier molecular flexibility index (Phi) is 26.7. The molecule has 3 aromatic rings. The predicted octanol–water partition coefficient (Wildman–Crippen LogP) is 9.42. The summed E-state index contributed by atoms with van der Waals surface area (Å²) in [4.78, 5) is 118. The molecule has 0 radical (unpaired) electrons. The number of esters is 5. The van der Waals surface area contributed by atoms with Crippen LogP contribution in [0.4, 0.5) is 8.78 Å². The summed E-state index contributed by atoms with van der Waals surface area (Å²) in [6, 6.07) is 19.7. The lowest BCUT2D eigenvalue weighted by molar-refractivity contribution is -0.176. The van der Waals surface area contributed by atoms with Crippen LogP contribution in [0.3, 0.4) is 0 Å². The van der Waals surface area contributed by atoms with Gasteiger partial charge in [-0.25, -0.2) is 28.0 Å². The van der Waals surface area contributed by atoms with Crippen molar-refractivity contribution in [2.24, 2.45) is 11.8 Å². The lowest BCUT2D eigenvalue weighted by atomic mass is 9.90. The number of nitrogens with zero attached hydrogens (tertiary/aromatic N) is 3. The standard InChI is InChI=1S/C71H98F2N4O15/c1-45(89-67(83)57(40-49-16-17-49)75(8)63(79)60(91-66(82)56(74-7)42-70(3,4)72)30-24-47-20-26-52(27-21-47)54-32-36-86-37-33-54)62(78)77(10)59(43-71(5,6)73)69(85)92-61(31-25-48-22-28-53(29-23-48)55-34-38-87-39-35-55)64(80)76(9)58(41-50-18-19-50)68(84)90-46(2)65(81)88-44-51-14-12-11-13-15-51/h11-15,20-23,26-29,45-46,49-50,54-61,74H,16-19,24-25,30-44H2,1-10H3/t45-,46-,56+,57+,58+,59+,60-,61-/m1/s1. The first-order valence-corrected chi connectivity index (χ1v) is 32.9. The molecule has 21 heteroatoms. The molecule has 0 bridgehead atoms. The number of ether oxygens (including phenoxy) is 7. The Morgan fingerprint density at radius 3 is 1.32 bits per heavy atom. The van der Waals surface area contributed by atoms with E-state index in [0.29, 0.717) is 44.7 Å².